The summed E-state index contributed by atoms with van der Waals surface area (Å²) in [6.45, 7) is 4.77. The molecule has 7 atom stereocenters. The number of allylic oxidation sites excluding steroid dienone is 3. The van der Waals surface area contributed by atoms with Crippen molar-refractivity contribution in [3.05, 3.63) is 101 Å². The first-order valence-corrected chi connectivity index (χ1v) is 16.0. The van der Waals surface area contributed by atoms with E-state index >= 15 is 0 Å². The van der Waals surface area contributed by atoms with Crippen molar-refractivity contribution in [3.63, 3.8) is 0 Å². The average Bonchev–Trinajstić information content (AvgIpc) is 3.53. The molecule has 3 heterocycles. The number of hydrogen-bond acceptors (Lipinski definition) is 4. The fraction of sp³-hybridized carbons (Fsp3) is 0.421. The van der Waals surface area contributed by atoms with E-state index in [1.807, 2.05) is 0 Å². The predicted octanol–water partition coefficient (Wildman–Crippen LogP) is 8.60. The molecule has 8 rings (SSSR count). The Bertz CT molecular complexity index is 1620. The van der Waals surface area contributed by atoms with Crippen LogP contribution in [0.5, 0.6) is 0 Å². The molecule has 0 saturated heterocycles. The molecular formula is C38H39N3O. The van der Waals surface area contributed by atoms with Crippen LogP contribution >= 0.6 is 0 Å². The maximum absolute atomic E-state index is 9.16. The molecule has 0 saturated carbocycles. The highest BCUT2D eigenvalue weighted by Gasteiger charge is 2.56. The Hall–Kier alpha value is -3.84. The molecule has 2 aromatic rings. The highest BCUT2D eigenvalue weighted by molar-refractivity contribution is 5.80. The summed E-state index contributed by atoms with van der Waals surface area (Å²) >= 11 is 0. The summed E-state index contributed by atoms with van der Waals surface area (Å²) in [5.74, 6) is 2.59. The van der Waals surface area contributed by atoms with Gasteiger partial charge in [-0.05, 0) is 97.8 Å². The van der Waals surface area contributed by atoms with Crippen molar-refractivity contribution >= 4 is 23.2 Å². The van der Waals surface area contributed by atoms with Crippen molar-refractivity contribution < 1.29 is 4.74 Å². The maximum atomic E-state index is 9.16. The van der Waals surface area contributed by atoms with Gasteiger partial charge in [-0.3, -0.25) is 4.99 Å². The van der Waals surface area contributed by atoms with Crippen LogP contribution in [0.4, 0.5) is 5.69 Å². The second-order valence-corrected chi connectivity index (χ2v) is 13.4. The third-order valence-corrected chi connectivity index (χ3v) is 10.9. The number of hydrogen-bond donors (Lipinski definition) is 0. The summed E-state index contributed by atoms with van der Waals surface area (Å²) in [5.41, 5.74) is 9.18. The number of nitriles is 1. The van der Waals surface area contributed by atoms with E-state index in [0.29, 0.717) is 29.8 Å². The smallest absolute Gasteiger partial charge is 0.130 e. The molecule has 42 heavy (non-hydrogen) atoms. The van der Waals surface area contributed by atoms with E-state index in [1.54, 1.807) is 11.8 Å². The number of ether oxygens (including phenoxy) is 1. The van der Waals surface area contributed by atoms with Gasteiger partial charge in [0.2, 0.25) is 0 Å². The largest absolute Gasteiger partial charge is 0.487 e. The lowest BCUT2D eigenvalue weighted by molar-refractivity contribution is 0.0396. The van der Waals surface area contributed by atoms with Crippen molar-refractivity contribution in [2.45, 2.75) is 82.4 Å². The first-order chi connectivity index (χ1) is 20.5. The predicted molar refractivity (Wildman–Crippen MR) is 170 cm³/mol. The lowest BCUT2D eigenvalue weighted by Crippen LogP contribution is -2.46. The molecular weight excluding hydrogens is 514 g/mol. The fourth-order valence-electron chi connectivity index (χ4n) is 8.92. The summed E-state index contributed by atoms with van der Waals surface area (Å²) < 4.78 is 7.02. The zero-order valence-electron chi connectivity index (χ0n) is 24.7. The van der Waals surface area contributed by atoms with E-state index < -0.39 is 0 Å². The molecule has 0 radical (unpaired) electrons. The first-order valence-electron chi connectivity index (χ1n) is 16.0. The number of fused-ring (bicyclic) bond motifs is 6. The summed E-state index contributed by atoms with van der Waals surface area (Å²) in [6.07, 6.45) is 18.7. The van der Waals surface area contributed by atoms with Gasteiger partial charge in [0, 0.05) is 29.9 Å². The fourth-order valence-corrected chi connectivity index (χ4v) is 8.92. The van der Waals surface area contributed by atoms with Crippen LogP contribution in [-0.4, -0.2) is 23.9 Å². The minimum atomic E-state index is -0.183. The highest BCUT2D eigenvalue weighted by Crippen LogP contribution is 2.60. The Morgan fingerprint density at radius 1 is 1.02 bits per heavy atom. The molecule has 0 N–H and O–H groups in total. The Kier molecular flexibility index (Phi) is 6.07. The van der Waals surface area contributed by atoms with Crippen LogP contribution in [0.25, 0.3) is 11.3 Å². The molecule has 2 aromatic carbocycles. The normalized spacial score (nSPS) is 34.5. The molecule has 0 spiro atoms. The maximum Gasteiger partial charge on any atom is 0.130 e. The summed E-state index contributed by atoms with van der Waals surface area (Å²) in [4.78, 5) is 7.37. The summed E-state index contributed by atoms with van der Waals surface area (Å²) in [7, 11) is 0. The highest BCUT2D eigenvalue weighted by atomic mass is 16.5. The van der Waals surface area contributed by atoms with Gasteiger partial charge in [0.1, 0.15) is 11.4 Å². The van der Waals surface area contributed by atoms with Crippen LogP contribution in [0.1, 0.15) is 81.4 Å². The van der Waals surface area contributed by atoms with E-state index in [2.05, 4.69) is 103 Å². The molecule has 3 aliphatic heterocycles. The zero-order chi connectivity index (χ0) is 28.4. The first kappa shape index (κ1) is 25.8. The van der Waals surface area contributed by atoms with Gasteiger partial charge in [-0.15, -0.1) is 0 Å². The monoisotopic (exact) mass is 553 g/mol. The molecule has 0 amide bonds. The van der Waals surface area contributed by atoms with Crippen molar-refractivity contribution in [1.82, 2.24) is 0 Å². The second kappa shape index (κ2) is 9.87. The molecule has 0 fully saturated rings. The Balaban J connectivity index is 1.08. The van der Waals surface area contributed by atoms with Gasteiger partial charge in [0.15, 0.2) is 0 Å². The molecule has 0 bridgehead atoms. The van der Waals surface area contributed by atoms with Crippen molar-refractivity contribution in [2.75, 3.05) is 4.90 Å². The van der Waals surface area contributed by atoms with Crippen LogP contribution in [0.3, 0.4) is 0 Å². The quantitative estimate of drug-likeness (QED) is 0.358. The SMILES string of the molecule is CC1CC2C(C3=C1C1CCC=CC1(C)O3)c1ccccc1N2C1CCC=C(c2ccc(C3=CCC(C#N)C=N3)cc2)C1. The molecule has 7 unspecified atom stereocenters. The van der Waals surface area contributed by atoms with E-state index in [9.17, 15) is 0 Å². The molecule has 4 nitrogen and oxygen atoms in total. The van der Waals surface area contributed by atoms with Gasteiger partial charge in [-0.25, -0.2) is 0 Å². The van der Waals surface area contributed by atoms with E-state index in [4.69, 9.17) is 10.00 Å². The van der Waals surface area contributed by atoms with Gasteiger partial charge in [0.05, 0.1) is 23.6 Å². The van der Waals surface area contributed by atoms with Crippen molar-refractivity contribution in [2.24, 2.45) is 22.7 Å². The number of para-hydroxylation sites is 1. The minimum Gasteiger partial charge on any atom is -0.487 e. The van der Waals surface area contributed by atoms with Gasteiger partial charge in [-0.1, -0.05) is 67.6 Å². The zero-order valence-corrected chi connectivity index (χ0v) is 24.7. The molecule has 4 heteroatoms. The Labute approximate surface area is 249 Å². The molecule has 0 aromatic heterocycles. The average molecular weight is 554 g/mol. The topological polar surface area (TPSA) is 48.6 Å². The third-order valence-electron chi connectivity index (χ3n) is 10.9. The Morgan fingerprint density at radius 3 is 2.67 bits per heavy atom. The minimum absolute atomic E-state index is 0.105. The number of benzene rings is 2. The van der Waals surface area contributed by atoms with Gasteiger partial charge < -0.3 is 9.64 Å². The van der Waals surface area contributed by atoms with Crippen LogP contribution in [0, 0.1) is 29.1 Å². The van der Waals surface area contributed by atoms with Gasteiger partial charge >= 0.3 is 0 Å². The van der Waals surface area contributed by atoms with Crippen molar-refractivity contribution in [1.29, 1.82) is 5.26 Å². The number of anilines is 1. The van der Waals surface area contributed by atoms with E-state index in [1.165, 1.54) is 47.4 Å². The van der Waals surface area contributed by atoms with E-state index in [-0.39, 0.29) is 11.5 Å². The number of rotatable bonds is 3. The Morgan fingerprint density at radius 2 is 1.86 bits per heavy atom. The lowest BCUT2D eigenvalue weighted by atomic mass is 9.69. The van der Waals surface area contributed by atoms with Crippen LogP contribution < -0.4 is 4.90 Å². The van der Waals surface area contributed by atoms with Crippen LogP contribution in [-0.2, 0) is 4.74 Å². The summed E-state index contributed by atoms with van der Waals surface area (Å²) in [6, 6.07) is 21.3. The molecule has 6 aliphatic rings. The molecule has 212 valence electrons. The molecule has 3 aliphatic carbocycles. The third kappa shape index (κ3) is 3.97. The second-order valence-electron chi connectivity index (χ2n) is 13.4. The van der Waals surface area contributed by atoms with Crippen LogP contribution in [0.15, 0.2) is 89.2 Å². The van der Waals surface area contributed by atoms with Gasteiger partial charge in [-0.2, -0.15) is 5.26 Å². The van der Waals surface area contributed by atoms with Crippen molar-refractivity contribution in [3.8, 4) is 6.07 Å². The van der Waals surface area contributed by atoms with Crippen LogP contribution in [0.2, 0.25) is 0 Å². The number of nitrogens with zero attached hydrogens (tertiary/aromatic N) is 3. The van der Waals surface area contributed by atoms with E-state index in [0.717, 1.165) is 36.9 Å². The standard InChI is InChI=1S/C38H39N3O/c1-24-20-34-36(37-35(24)31-11-5-6-19-38(31,2)42-37)30-10-3-4-12-33(30)41(34)29-9-7-8-28(21-29)26-14-16-27(17-15-26)32-18-13-25(22-39)23-40-32/h3-4,6,8,10,12,14-19,23-25,29,31,34,36H,5,7,9,11,13,20-21H2,1-2H3. The number of aliphatic imine (C=N–C) groups is 1. The van der Waals surface area contributed by atoms with Gasteiger partial charge in [0.25, 0.3) is 0 Å². The lowest BCUT2D eigenvalue weighted by Gasteiger charge is -2.42. The summed E-state index contributed by atoms with van der Waals surface area (Å²) in [5, 5.41) is 9.16.